The molecular weight excluding hydrogens is 453 g/mol. The monoisotopic (exact) mass is 471 g/mol. The van der Waals surface area contributed by atoms with Gasteiger partial charge in [0, 0.05) is 15.7 Å². The summed E-state index contributed by atoms with van der Waals surface area (Å²) in [6, 6.07) is 11.0. The van der Waals surface area contributed by atoms with Crippen molar-refractivity contribution < 1.29 is 4.79 Å². The van der Waals surface area contributed by atoms with Crippen LogP contribution in [0.3, 0.4) is 0 Å². The minimum absolute atomic E-state index is 0.213. The SMILES string of the molecule is Cc1ccc(NC(=O)c2sc3ncn(Cc4ccc(Cl)cc4Cl)c(=O)c3c2C)c(C)c1. The fourth-order valence-corrected chi connectivity index (χ4v) is 4.96. The van der Waals surface area contributed by atoms with Crippen LogP contribution in [-0.4, -0.2) is 15.5 Å². The molecule has 0 fully saturated rings. The first-order valence-electron chi connectivity index (χ1n) is 9.55. The van der Waals surface area contributed by atoms with E-state index < -0.39 is 0 Å². The van der Waals surface area contributed by atoms with Crippen LogP contribution in [0.4, 0.5) is 5.69 Å². The van der Waals surface area contributed by atoms with Crippen molar-refractivity contribution in [3.63, 3.8) is 0 Å². The molecule has 31 heavy (non-hydrogen) atoms. The lowest BCUT2D eigenvalue weighted by Crippen LogP contribution is -2.21. The lowest BCUT2D eigenvalue weighted by atomic mass is 10.1. The summed E-state index contributed by atoms with van der Waals surface area (Å²) in [4.78, 5) is 31.5. The molecule has 2 aromatic carbocycles. The molecule has 0 saturated carbocycles. The van der Waals surface area contributed by atoms with Gasteiger partial charge in [0.25, 0.3) is 11.5 Å². The number of amides is 1. The number of nitrogens with one attached hydrogen (secondary N) is 1. The lowest BCUT2D eigenvalue weighted by Gasteiger charge is -2.09. The number of hydrogen-bond acceptors (Lipinski definition) is 4. The van der Waals surface area contributed by atoms with Gasteiger partial charge >= 0.3 is 0 Å². The summed E-state index contributed by atoms with van der Waals surface area (Å²) in [7, 11) is 0. The highest BCUT2D eigenvalue weighted by molar-refractivity contribution is 7.20. The number of nitrogens with zero attached hydrogens (tertiary/aromatic N) is 2. The molecule has 0 unspecified atom stereocenters. The first-order valence-corrected chi connectivity index (χ1v) is 11.1. The van der Waals surface area contributed by atoms with E-state index in [-0.39, 0.29) is 18.0 Å². The molecule has 0 bridgehead atoms. The average molecular weight is 472 g/mol. The molecule has 1 amide bonds. The second-order valence-electron chi connectivity index (χ2n) is 7.42. The van der Waals surface area contributed by atoms with Crippen LogP contribution in [0.5, 0.6) is 0 Å². The van der Waals surface area contributed by atoms with Crippen LogP contribution in [0.1, 0.15) is 31.9 Å². The molecule has 4 rings (SSSR count). The Kier molecular flexibility index (Phi) is 5.88. The highest BCUT2D eigenvalue weighted by atomic mass is 35.5. The van der Waals surface area contributed by atoms with Gasteiger partial charge in [-0.25, -0.2) is 4.98 Å². The van der Waals surface area contributed by atoms with Crippen molar-refractivity contribution in [3.8, 4) is 0 Å². The predicted molar refractivity (Wildman–Crippen MR) is 128 cm³/mol. The number of fused-ring (bicyclic) bond motifs is 1. The normalized spacial score (nSPS) is 11.1. The first kappa shape index (κ1) is 21.6. The van der Waals surface area contributed by atoms with Gasteiger partial charge in [-0.05, 0) is 55.7 Å². The average Bonchev–Trinajstić information content (AvgIpc) is 3.05. The minimum Gasteiger partial charge on any atom is -0.321 e. The third-order valence-electron chi connectivity index (χ3n) is 5.11. The fourth-order valence-electron chi connectivity index (χ4n) is 3.45. The Morgan fingerprint density at radius 1 is 1.13 bits per heavy atom. The molecule has 0 aliphatic rings. The van der Waals surface area contributed by atoms with Gasteiger partial charge in [-0.1, -0.05) is 47.0 Å². The molecule has 0 spiro atoms. The van der Waals surface area contributed by atoms with Gasteiger partial charge in [-0.15, -0.1) is 11.3 Å². The van der Waals surface area contributed by atoms with Gasteiger partial charge in [0.15, 0.2) is 0 Å². The Bertz CT molecular complexity index is 1390. The summed E-state index contributed by atoms with van der Waals surface area (Å²) in [5.41, 5.74) is 4.02. The molecule has 5 nitrogen and oxygen atoms in total. The smallest absolute Gasteiger partial charge is 0.266 e. The molecule has 0 aliphatic heterocycles. The van der Waals surface area contributed by atoms with Crippen LogP contribution in [0.25, 0.3) is 10.2 Å². The summed E-state index contributed by atoms with van der Waals surface area (Å²) in [6.07, 6.45) is 1.48. The fraction of sp³-hybridized carbons (Fsp3) is 0.174. The molecule has 4 aromatic rings. The summed E-state index contributed by atoms with van der Waals surface area (Å²) in [5.74, 6) is -0.251. The Balaban J connectivity index is 1.69. The van der Waals surface area contributed by atoms with E-state index >= 15 is 0 Å². The van der Waals surface area contributed by atoms with Crippen molar-refractivity contribution in [2.45, 2.75) is 27.3 Å². The molecule has 1 N–H and O–H groups in total. The van der Waals surface area contributed by atoms with Crippen LogP contribution in [0.2, 0.25) is 10.0 Å². The second-order valence-corrected chi connectivity index (χ2v) is 9.26. The van der Waals surface area contributed by atoms with Crippen molar-refractivity contribution in [1.29, 1.82) is 0 Å². The van der Waals surface area contributed by atoms with Crippen LogP contribution >= 0.6 is 34.5 Å². The van der Waals surface area contributed by atoms with Crippen molar-refractivity contribution in [2.75, 3.05) is 5.32 Å². The quantitative estimate of drug-likeness (QED) is 0.397. The topological polar surface area (TPSA) is 64.0 Å². The van der Waals surface area contributed by atoms with Gasteiger partial charge < -0.3 is 5.32 Å². The highest BCUT2D eigenvalue weighted by Gasteiger charge is 2.20. The lowest BCUT2D eigenvalue weighted by molar-refractivity contribution is 0.103. The van der Waals surface area contributed by atoms with Crippen LogP contribution in [0, 0.1) is 20.8 Å². The molecule has 0 saturated heterocycles. The van der Waals surface area contributed by atoms with E-state index in [1.807, 2.05) is 32.0 Å². The maximum absolute atomic E-state index is 13.1. The van der Waals surface area contributed by atoms with Gasteiger partial charge in [0.1, 0.15) is 4.83 Å². The number of rotatable bonds is 4. The summed E-state index contributed by atoms with van der Waals surface area (Å²) >= 11 is 13.4. The van der Waals surface area contributed by atoms with Crippen molar-refractivity contribution in [1.82, 2.24) is 9.55 Å². The highest BCUT2D eigenvalue weighted by Crippen LogP contribution is 2.29. The molecule has 0 aliphatic carbocycles. The number of anilines is 1. The Morgan fingerprint density at radius 2 is 1.90 bits per heavy atom. The van der Waals surface area contributed by atoms with E-state index in [0.29, 0.717) is 30.7 Å². The van der Waals surface area contributed by atoms with E-state index in [9.17, 15) is 9.59 Å². The molecule has 0 radical (unpaired) electrons. The Hall–Kier alpha value is -2.67. The zero-order valence-electron chi connectivity index (χ0n) is 17.1. The molecule has 158 valence electrons. The second kappa shape index (κ2) is 8.46. The van der Waals surface area contributed by atoms with Crippen LogP contribution in [-0.2, 0) is 6.54 Å². The number of thiophene rings is 1. The predicted octanol–water partition coefficient (Wildman–Crippen LogP) is 5.99. The number of halogens is 2. The van der Waals surface area contributed by atoms with Gasteiger partial charge in [-0.2, -0.15) is 0 Å². The van der Waals surface area contributed by atoms with Crippen molar-refractivity contribution in [2.24, 2.45) is 0 Å². The van der Waals surface area contributed by atoms with E-state index in [1.54, 1.807) is 25.1 Å². The summed E-state index contributed by atoms with van der Waals surface area (Å²) in [6.45, 7) is 5.99. The number of aromatic nitrogens is 2. The summed E-state index contributed by atoms with van der Waals surface area (Å²) in [5, 5.41) is 4.41. The molecule has 0 atom stereocenters. The number of carbonyl (C=O) groups is 1. The van der Waals surface area contributed by atoms with E-state index in [1.165, 1.54) is 22.2 Å². The number of aryl methyl sites for hydroxylation is 3. The van der Waals surface area contributed by atoms with Crippen molar-refractivity contribution >= 4 is 56.3 Å². The molecular formula is C23H19Cl2N3O2S. The zero-order chi connectivity index (χ0) is 22.3. The van der Waals surface area contributed by atoms with E-state index in [0.717, 1.165) is 22.4 Å². The largest absolute Gasteiger partial charge is 0.321 e. The maximum Gasteiger partial charge on any atom is 0.266 e. The third kappa shape index (κ3) is 4.24. The minimum atomic E-state index is -0.251. The number of carbonyl (C=O) groups excluding carboxylic acids is 1. The van der Waals surface area contributed by atoms with Gasteiger partial charge in [-0.3, -0.25) is 14.2 Å². The van der Waals surface area contributed by atoms with E-state index in [2.05, 4.69) is 10.3 Å². The summed E-state index contributed by atoms with van der Waals surface area (Å²) < 4.78 is 1.49. The zero-order valence-corrected chi connectivity index (χ0v) is 19.5. The third-order valence-corrected chi connectivity index (χ3v) is 6.89. The maximum atomic E-state index is 13.1. The van der Waals surface area contributed by atoms with Crippen LogP contribution < -0.4 is 10.9 Å². The van der Waals surface area contributed by atoms with Crippen LogP contribution in [0.15, 0.2) is 47.5 Å². The molecule has 8 heteroatoms. The number of benzene rings is 2. The Labute approximate surface area is 193 Å². The number of hydrogen-bond donors (Lipinski definition) is 1. The van der Waals surface area contributed by atoms with Gasteiger partial charge in [0.05, 0.1) is 23.1 Å². The first-order chi connectivity index (χ1) is 14.7. The molecule has 2 heterocycles. The van der Waals surface area contributed by atoms with E-state index in [4.69, 9.17) is 23.2 Å². The standard InChI is InChI=1S/C23H19Cl2N3O2S/c1-12-4-7-18(13(2)8-12)27-21(29)20-14(3)19-22(31-20)26-11-28(23(19)30)10-15-5-6-16(24)9-17(15)25/h4-9,11H,10H2,1-3H3,(H,27,29). The van der Waals surface area contributed by atoms with Gasteiger partial charge in [0.2, 0.25) is 0 Å². The van der Waals surface area contributed by atoms with Crippen molar-refractivity contribution in [3.05, 3.63) is 90.3 Å². The Morgan fingerprint density at radius 3 is 2.61 bits per heavy atom. The molecule has 2 aromatic heterocycles.